The molecule has 0 aromatic heterocycles. The molecule has 0 spiro atoms. The summed E-state index contributed by atoms with van der Waals surface area (Å²) in [6.07, 6.45) is 2.09. The van der Waals surface area contributed by atoms with Gasteiger partial charge in [0.05, 0.1) is 10.0 Å². The predicted molar refractivity (Wildman–Crippen MR) is 162 cm³/mol. The average Bonchev–Trinajstić information content (AvgIpc) is 2.91. The van der Waals surface area contributed by atoms with Crippen LogP contribution in [0.15, 0.2) is 72.8 Å². The van der Waals surface area contributed by atoms with Gasteiger partial charge in [-0.15, -0.1) is 0 Å². The third kappa shape index (κ3) is 9.12. The molecule has 3 rings (SSSR count). The van der Waals surface area contributed by atoms with E-state index in [2.05, 4.69) is 50.4 Å². The van der Waals surface area contributed by atoms with E-state index < -0.39 is 6.04 Å². The van der Waals surface area contributed by atoms with Crippen LogP contribution < -0.4 is 5.32 Å². The molecule has 3 aromatic rings. The zero-order valence-corrected chi connectivity index (χ0v) is 25.1. The third-order valence-electron chi connectivity index (χ3n) is 7.06. The molecule has 0 unspecified atom stereocenters. The minimum Gasteiger partial charge on any atom is -0.352 e. The van der Waals surface area contributed by atoms with Crippen LogP contribution in [0.3, 0.4) is 0 Å². The van der Waals surface area contributed by atoms with Gasteiger partial charge in [-0.05, 0) is 59.6 Å². The number of nitrogens with zero attached hydrogens (tertiary/aromatic N) is 1. The first-order chi connectivity index (χ1) is 18.5. The van der Waals surface area contributed by atoms with Crippen molar-refractivity contribution in [2.24, 2.45) is 0 Å². The van der Waals surface area contributed by atoms with Crippen LogP contribution in [-0.4, -0.2) is 28.8 Å². The van der Waals surface area contributed by atoms with E-state index >= 15 is 0 Å². The number of amides is 2. The van der Waals surface area contributed by atoms with Crippen LogP contribution in [0.2, 0.25) is 10.0 Å². The number of hydrogen-bond acceptors (Lipinski definition) is 2. The molecule has 6 heteroatoms. The number of rotatable bonds is 11. The summed E-state index contributed by atoms with van der Waals surface area (Å²) in [4.78, 5) is 29.2. The van der Waals surface area contributed by atoms with Crippen LogP contribution in [-0.2, 0) is 34.4 Å². The fourth-order valence-electron chi connectivity index (χ4n) is 4.40. The van der Waals surface area contributed by atoms with Gasteiger partial charge >= 0.3 is 0 Å². The van der Waals surface area contributed by atoms with Gasteiger partial charge in [0.1, 0.15) is 6.04 Å². The molecular formula is C33H40Cl2N2O2. The number of nitrogens with one attached hydrogen (secondary N) is 1. The second-order valence-corrected chi connectivity index (χ2v) is 12.1. The maximum absolute atomic E-state index is 13.9. The lowest BCUT2D eigenvalue weighted by molar-refractivity contribution is -0.141. The number of halogens is 2. The van der Waals surface area contributed by atoms with Gasteiger partial charge in [-0.2, -0.15) is 0 Å². The van der Waals surface area contributed by atoms with E-state index in [4.69, 9.17) is 23.2 Å². The Bertz CT molecular complexity index is 1240. The molecule has 0 radical (unpaired) electrons. The maximum atomic E-state index is 13.9. The lowest BCUT2D eigenvalue weighted by Gasteiger charge is -2.32. The van der Waals surface area contributed by atoms with E-state index in [9.17, 15) is 9.59 Å². The van der Waals surface area contributed by atoms with Crippen LogP contribution in [0.1, 0.15) is 69.7 Å². The standard InChI is InChI=1S/C33H40Cl2N2O2/c1-6-23(2)36-32(39)30(21-25-10-8-7-9-11-25)37(22-26-14-18-28(34)29(35)20-26)31(38)19-15-24-12-16-27(17-13-24)33(3,4)5/h7-14,16-18,20,23,30H,6,15,19,21-22H2,1-5H3,(H,36,39)/t23-,30-/m1/s1. The first-order valence-electron chi connectivity index (χ1n) is 13.6. The molecular weight excluding hydrogens is 527 g/mol. The minimum absolute atomic E-state index is 0.000896. The summed E-state index contributed by atoms with van der Waals surface area (Å²) in [6.45, 7) is 10.8. The molecule has 0 bridgehead atoms. The first kappa shape index (κ1) is 30.7. The smallest absolute Gasteiger partial charge is 0.243 e. The van der Waals surface area contributed by atoms with Crippen molar-refractivity contribution < 1.29 is 9.59 Å². The van der Waals surface area contributed by atoms with Crippen molar-refractivity contribution >= 4 is 35.0 Å². The van der Waals surface area contributed by atoms with Crippen LogP contribution in [0.25, 0.3) is 0 Å². The minimum atomic E-state index is -0.674. The molecule has 4 nitrogen and oxygen atoms in total. The van der Waals surface area contributed by atoms with E-state index in [0.717, 1.165) is 23.1 Å². The first-order valence-corrected chi connectivity index (χ1v) is 14.4. The Kier molecular flexibility index (Phi) is 11.0. The molecule has 2 amide bonds. The van der Waals surface area contributed by atoms with Gasteiger partial charge < -0.3 is 10.2 Å². The Morgan fingerprint density at radius 3 is 2.10 bits per heavy atom. The van der Waals surface area contributed by atoms with E-state index in [1.165, 1.54) is 5.56 Å². The summed E-state index contributed by atoms with van der Waals surface area (Å²) < 4.78 is 0. The number of carbonyl (C=O) groups excluding carboxylic acids is 2. The fraction of sp³-hybridized carbons (Fsp3) is 0.394. The van der Waals surface area contributed by atoms with Gasteiger partial charge in [-0.25, -0.2) is 0 Å². The maximum Gasteiger partial charge on any atom is 0.243 e. The van der Waals surface area contributed by atoms with Gasteiger partial charge in [0, 0.05) is 25.4 Å². The summed E-state index contributed by atoms with van der Waals surface area (Å²) in [6, 6.07) is 22.9. The molecule has 0 aliphatic heterocycles. The van der Waals surface area contributed by atoms with Gasteiger partial charge in [0.25, 0.3) is 0 Å². The molecule has 208 valence electrons. The van der Waals surface area contributed by atoms with Crippen molar-refractivity contribution in [3.63, 3.8) is 0 Å². The van der Waals surface area contributed by atoms with Crippen molar-refractivity contribution in [1.82, 2.24) is 10.2 Å². The van der Waals surface area contributed by atoms with Crippen LogP contribution in [0.5, 0.6) is 0 Å². The highest BCUT2D eigenvalue weighted by Crippen LogP contribution is 2.25. The van der Waals surface area contributed by atoms with Crippen molar-refractivity contribution in [3.05, 3.63) is 105 Å². The molecule has 3 aromatic carbocycles. The Morgan fingerprint density at radius 1 is 0.872 bits per heavy atom. The van der Waals surface area contributed by atoms with Crippen molar-refractivity contribution in [1.29, 1.82) is 0 Å². The van der Waals surface area contributed by atoms with Gasteiger partial charge in [-0.3, -0.25) is 9.59 Å². The van der Waals surface area contributed by atoms with Crippen LogP contribution >= 0.6 is 23.2 Å². The predicted octanol–water partition coefficient (Wildman–Crippen LogP) is 7.78. The molecule has 0 aliphatic rings. The Labute approximate surface area is 243 Å². The van der Waals surface area contributed by atoms with E-state index in [-0.39, 0.29) is 36.2 Å². The molecule has 0 fully saturated rings. The number of hydrogen-bond donors (Lipinski definition) is 1. The summed E-state index contributed by atoms with van der Waals surface area (Å²) in [7, 11) is 0. The van der Waals surface area contributed by atoms with Crippen LogP contribution in [0, 0.1) is 0 Å². The van der Waals surface area contributed by atoms with Gasteiger partial charge in [-0.1, -0.05) is 112 Å². The summed E-state index contributed by atoms with van der Waals surface area (Å²) in [5.74, 6) is -0.239. The SMILES string of the molecule is CC[C@@H](C)NC(=O)[C@@H](Cc1ccccc1)N(Cc1ccc(Cl)c(Cl)c1)C(=O)CCc1ccc(C(C)(C)C)cc1. The largest absolute Gasteiger partial charge is 0.352 e. The highest BCUT2D eigenvalue weighted by molar-refractivity contribution is 6.42. The van der Waals surface area contributed by atoms with Crippen LogP contribution in [0.4, 0.5) is 0 Å². The van der Waals surface area contributed by atoms with Gasteiger partial charge in [0.2, 0.25) is 11.8 Å². The second kappa shape index (κ2) is 14.0. The highest BCUT2D eigenvalue weighted by Gasteiger charge is 2.31. The number of benzene rings is 3. The summed E-state index contributed by atoms with van der Waals surface area (Å²) in [5.41, 5.74) is 4.23. The molecule has 0 saturated heterocycles. The van der Waals surface area contributed by atoms with E-state index in [1.54, 1.807) is 17.0 Å². The molecule has 2 atom stereocenters. The van der Waals surface area contributed by atoms with Crippen molar-refractivity contribution in [2.45, 2.75) is 84.3 Å². The Balaban J connectivity index is 1.91. The summed E-state index contributed by atoms with van der Waals surface area (Å²) in [5, 5.41) is 3.98. The average molecular weight is 568 g/mol. The zero-order valence-electron chi connectivity index (χ0n) is 23.6. The van der Waals surface area contributed by atoms with Gasteiger partial charge in [0.15, 0.2) is 0 Å². The fourth-order valence-corrected chi connectivity index (χ4v) is 4.72. The summed E-state index contributed by atoms with van der Waals surface area (Å²) >= 11 is 12.5. The molecule has 0 aliphatic carbocycles. The highest BCUT2D eigenvalue weighted by atomic mass is 35.5. The van der Waals surface area contributed by atoms with E-state index in [1.807, 2.05) is 50.2 Å². The van der Waals surface area contributed by atoms with Crippen molar-refractivity contribution in [2.75, 3.05) is 0 Å². The topological polar surface area (TPSA) is 49.4 Å². The Hall–Kier alpha value is -2.82. The number of aryl methyl sites for hydroxylation is 1. The molecule has 39 heavy (non-hydrogen) atoms. The zero-order chi connectivity index (χ0) is 28.6. The lowest BCUT2D eigenvalue weighted by Crippen LogP contribution is -2.52. The molecule has 0 saturated carbocycles. The monoisotopic (exact) mass is 566 g/mol. The normalized spacial score (nSPS) is 13.0. The van der Waals surface area contributed by atoms with E-state index in [0.29, 0.717) is 22.9 Å². The molecule has 1 N–H and O–H groups in total. The number of carbonyl (C=O) groups is 2. The van der Waals surface area contributed by atoms with Crippen molar-refractivity contribution in [3.8, 4) is 0 Å². The molecule has 0 heterocycles. The second-order valence-electron chi connectivity index (χ2n) is 11.2. The lowest BCUT2D eigenvalue weighted by atomic mass is 9.86. The Morgan fingerprint density at radius 2 is 1.51 bits per heavy atom. The quantitative estimate of drug-likeness (QED) is 0.257. The third-order valence-corrected chi connectivity index (χ3v) is 7.80.